The Morgan fingerprint density at radius 1 is 1.16 bits per heavy atom. The van der Waals surface area contributed by atoms with Crippen LogP contribution in [0.25, 0.3) is 21.6 Å². The second-order valence-corrected chi connectivity index (χ2v) is 7.17. The number of fused-ring (bicyclic) bond motifs is 1. The summed E-state index contributed by atoms with van der Waals surface area (Å²) < 4.78 is 0. The second kappa shape index (κ2) is 6.74. The molecule has 0 aliphatic rings. The average Bonchev–Trinajstić information content (AvgIpc) is 3.29. The molecule has 2 aromatic heterocycles. The van der Waals surface area contributed by atoms with Gasteiger partial charge in [-0.05, 0) is 30.5 Å². The van der Waals surface area contributed by atoms with Gasteiger partial charge in [-0.2, -0.15) is 0 Å². The summed E-state index contributed by atoms with van der Waals surface area (Å²) in [7, 11) is 0. The van der Waals surface area contributed by atoms with E-state index in [1.54, 1.807) is 17.1 Å². The van der Waals surface area contributed by atoms with Crippen LogP contribution in [0.1, 0.15) is 10.5 Å². The van der Waals surface area contributed by atoms with Crippen LogP contribution in [-0.2, 0) is 0 Å². The first kappa shape index (κ1) is 15.9. The lowest BCUT2D eigenvalue weighted by atomic mass is 10.2. The highest BCUT2D eigenvalue weighted by Crippen LogP contribution is 2.28. The highest BCUT2D eigenvalue weighted by atomic mass is 32.2. The van der Waals surface area contributed by atoms with Crippen molar-refractivity contribution in [2.24, 2.45) is 0 Å². The molecule has 0 aliphatic heterocycles. The van der Waals surface area contributed by atoms with Gasteiger partial charge in [-0.15, -0.1) is 23.1 Å². The van der Waals surface area contributed by atoms with E-state index < -0.39 is 0 Å². The number of carbonyl (C=O) groups excluding carboxylic acids is 1. The molecule has 6 heteroatoms. The number of carbonyl (C=O) groups is 1. The van der Waals surface area contributed by atoms with E-state index in [4.69, 9.17) is 0 Å². The Kier molecular flexibility index (Phi) is 4.29. The molecule has 0 saturated heterocycles. The molecule has 4 rings (SSSR count). The number of para-hydroxylation sites is 2. The van der Waals surface area contributed by atoms with E-state index in [1.165, 1.54) is 11.3 Å². The molecule has 4 nitrogen and oxygen atoms in total. The van der Waals surface area contributed by atoms with E-state index >= 15 is 0 Å². The minimum absolute atomic E-state index is 0.194. The number of nitrogens with one attached hydrogen (secondary N) is 2. The number of nitrogens with zero attached hydrogens (tertiary/aromatic N) is 1. The summed E-state index contributed by atoms with van der Waals surface area (Å²) in [4.78, 5) is 21.4. The van der Waals surface area contributed by atoms with Crippen molar-refractivity contribution in [3.8, 4) is 10.7 Å². The van der Waals surface area contributed by atoms with Crippen LogP contribution < -0.4 is 5.32 Å². The maximum Gasteiger partial charge on any atom is 0.275 e. The topological polar surface area (TPSA) is 57.8 Å². The summed E-state index contributed by atoms with van der Waals surface area (Å²) in [5.41, 5.74) is 3.22. The number of benzene rings is 2. The normalized spacial score (nSPS) is 10.9. The summed E-state index contributed by atoms with van der Waals surface area (Å²) in [6.45, 7) is 0. The fourth-order valence-electron chi connectivity index (χ4n) is 2.62. The monoisotopic (exact) mass is 365 g/mol. The minimum atomic E-state index is -0.194. The van der Waals surface area contributed by atoms with Gasteiger partial charge in [0.2, 0.25) is 0 Å². The lowest BCUT2D eigenvalue weighted by Gasteiger charge is -2.07. The number of rotatable bonds is 4. The predicted octanol–water partition coefficient (Wildman–Crippen LogP) is 5.27. The quantitative estimate of drug-likeness (QED) is 0.485. The van der Waals surface area contributed by atoms with Gasteiger partial charge in [0.05, 0.1) is 11.4 Å². The Morgan fingerprint density at radius 3 is 2.80 bits per heavy atom. The van der Waals surface area contributed by atoms with Gasteiger partial charge in [0.15, 0.2) is 0 Å². The molecule has 0 radical (unpaired) electrons. The lowest BCUT2D eigenvalue weighted by molar-refractivity contribution is 0.102. The van der Waals surface area contributed by atoms with Crippen molar-refractivity contribution in [2.45, 2.75) is 4.90 Å². The smallest absolute Gasteiger partial charge is 0.275 e. The molecular formula is C19H15N3OS2. The number of hydrogen-bond acceptors (Lipinski definition) is 4. The van der Waals surface area contributed by atoms with Gasteiger partial charge in [-0.25, -0.2) is 4.98 Å². The predicted molar refractivity (Wildman–Crippen MR) is 106 cm³/mol. The molecular weight excluding hydrogens is 350 g/mol. The van der Waals surface area contributed by atoms with Gasteiger partial charge in [0.25, 0.3) is 5.91 Å². The molecule has 0 aliphatic carbocycles. The summed E-state index contributed by atoms with van der Waals surface area (Å²) in [6, 6.07) is 17.9. The van der Waals surface area contributed by atoms with Crippen LogP contribution in [0.4, 0.5) is 5.69 Å². The van der Waals surface area contributed by atoms with Crippen molar-refractivity contribution >= 4 is 45.6 Å². The maximum atomic E-state index is 12.5. The molecule has 0 bridgehead atoms. The van der Waals surface area contributed by atoms with Gasteiger partial charge >= 0.3 is 0 Å². The maximum absolute atomic E-state index is 12.5. The zero-order valence-electron chi connectivity index (χ0n) is 13.4. The van der Waals surface area contributed by atoms with E-state index in [0.29, 0.717) is 5.69 Å². The molecule has 0 unspecified atom stereocenters. The van der Waals surface area contributed by atoms with Crippen LogP contribution in [0.3, 0.4) is 0 Å². The van der Waals surface area contributed by atoms with E-state index in [-0.39, 0.29) is 5.91 Å². The number of H-pyrrole nitrogens is 1. The molecule has 0 saturated carbocycles. The zero-order chi connectivity index (χ0) is 17.2. The standard InChI is InChI=1S/C19H15N3OS2/c1-24-17-9-5-4-8-14(17)21-18(23)16-11-25-19(22-16)15-10-12-6-2-3-7-13(12)20-15/h2-11,20H,1H3,(H,21,23). The third-order valence-electron chi connectivity index (χ3n) is 3.85. The Labute approximate surface area is 153 Å². The van der Waals surface area contributed by atoms with Gasteiger partial charge in [-0.3, -0.25) is 4.79 Å². The van der Waals surface area contributed by atoms with Crippen LogP contribution in [0.5, 0.6) is 0 Å². The van der Waals surface area contributed by atoms with Crippen molar-refractivity contribution in [3.05, 3.63) is 65.7 Å². The molecule has 0 fully saturated rings. The third-order valence-corrected chi connectivity index (χ3v) is 5.52. The van der Waals surface area contributed by atoms with Gasteiger partial charge in [0, 0.05) is 21.2 Å². The average molecular weight is 365 g/mol. The second-order valence-electron chi connectivity index (χ2n) is 5.46. The summed E-state index contributed by atoms with van der Waals surface area (Å²) in [6.07, 6.45) is 1.99. The zero-order valence-corrected chi connectivity index (χ0v) is 15.1. The Balaban J connectivity index is 1.59. The number of thioether (sulfide) groups is 1. The van der Waals surface area contributed by atoms with E-state index in [0.717, 1.165) is 32.2 Å². The number of anilines is 1. The first-order valence-electron chi connectivity index (χ1n) is 7.72. The largest absolute Gasteiger partial charge is 0.353 e. The van der Waals surface area contributed by atoms with E-state index in [1.807, 2.05) is 48.7 Å². The molecule has 1 amide bonds. The number of aromatic amines is 1. The Hall–Kier alpha value is -2.57. The first-order valence-corrected chi connectivity index (χ1v) is 9.83. The first-order chi connectivity index (χ1) is 12.2. The van der Waals surface area contributed by atoms with Crippen molar-refractivity contribution in [3.63, 3.8) is 0 Å². The number of aromatic nitrogens is 2. The highest BCUT2D eigenvalue weighted by Gasteiger charge is 2.14. The van der Waals surface area contributed by atoms with Gasteiger partial charge < -0.3 is 10.3 Å². The summed E-state index contributed by atoms with van der Waals surface area (Å²) in [5.74, 6) is -0.194. The molecule has 4 aromatic rings. The molecule has 25 heavy (non-hydrogen) atoms. The van der Waals surface area contributed by atoms with Crippen LogP contribution in [0, 0.1) is 0 Å². The molecule has 2 N–H and O–H groups in total. The number of hydrogen-bond donors (Lipinski definition) is 2. The SMILES string of the molecule is CSc1ccccc1NC(=O)c1csc(-c2cc3ccccc3[nH]2)n1. The Bertz CT molecular complexity index is 1020. The number of amides is 1. The van der Waals surface area contributed by atoms with Crippen molar-refractivity contribution in [1.29, 1.82) is 0 Å². The van der Waals surface area contributed by atoms with E-state index in [9.17, 15) is 4.79 Å². The van der Waals surface area contributed by atoms with Crippen molar-refractivity contribution in [1.82, 2.24) is 9.97 Å². The summed E-state index contributed by atoms with van der Waals surface area (Å²) >= 11 is 3.06. The van der Waals surface area contributed by atoms with Crippen LogP contribution in [0.15, 0.2) is 64.9 Å². The van der Waals surface area contributed by atoms with Crippen molar-refractivity contribution < 1.29 is 4.79 Å². The van der Waals surface area contributed by atoms with Gasteiger partial charge in [0.1, 0.15) is 10.7 Å². The molecule has 0 spiro atoms. The highest BCUT2D eigenvalue weighted by molar-refractivity contribution is 7.98. The minimum Gasteiger partial charge on any atom is -0.353 e. The van der Waals surface area contributed by atoms with E-state index in [2.05, 4.69) is 27.4 Å². The molecule has 0 atom stereocenters. The van der Waals surface area contributed by atoms with Gasteiger partial charge in [-0.1, -0.05) is 30.3 Å². The number of thiazole rings is 1. The Morgan fingerprint density at radius 2 is 1.96 bits per heavy atom. The van der Waals surface area contributed by atoms with Crippen LogP contribution in [0.2, 0.25) is 0 Å². The van der Waals surface area contributed by atoms with Crippen LogP contribution >= 0.6 is 23.1 Å². The lowest BCUT2D eigenvalue weighted by Crippen LogP contribution is -2.12. The molecule has 2 aromatic carbocycles. The fourth-order valence-corrected chi connectivity index (χ4v) is 3.95. The molecule has 124 valence electrons. The van der Waals surface area contributed by atoms with Crippen LogP contribution in [-0.4, -0.2) is 22.1 Å². The fraction of sp³-hybridized carbons (Fsp3) is 0.0526. The third kappa shape index (κ3) is 3.18. The molecule has 2 heterocycles. The summed E-state index contributed by atoms with van der Waals surface area (Å²) in [5, 5.41) is 6.67. The van der Waals surface area contributed by atoms with Crippen molar-refractivity contribution in [2.75, 3.05) is 11.6 Å².